The lowest BCUT2D eigenvalue weighted by atomic mass is 9.89. The molecule has 1 heterocycles. The number of hydrogen-bond donors (Lipinski definition) is 2. The zero-order valence-corrected chi connectivity index (χ0v) is 13.8. The van der Waals surface area contributed by atoms with E-state index in [0.717, 1.165) is 6.07 Å². The third-order valence-electron chi connectivity index (χ3n) is 4.14. The first-order chi connectivity index (χ1) is 11.8. The van der Waals surface area contributed by atoms with Crippen molar-refractivity contribution in [1.29, 1.82) is 0 Å². The number of amides is 1. The van der Waals surface area contributed by atoms with E-state index in [4.69, 9.17) is 14.2 Å². The van der Waals surface area contributed by atoms with Crippen molar-refractivity contribution in [3.05, 3.63) is 23.8 Å². The molecular formula is C16H19F2NO6. The lowest BCUT2D eigenvalue weighted by Gasteiger charge is -2.35. The Bertz CT molecular complexity index is 658. The minimum atomic E-state index is -4.01. The molecule has 1 aliphatic rings. The van der Waals surface area contributed by atoms with E-state index in [1.54, 1.807) is 0 Å². The molecule has 9 heteroatoms. The van der Waals surface area contributed by atoms with Crippen LogP contribution in [-0.4, -0.2) is 50.0 Å². The molecule has 1 saturated heterocycles. The molecule has 0 atom stereocenters. The van der Waals surface area contributed by atoms with E-state index < -0.39 is 28.9 Å². The van der Waals surface area contributed by atoms with Crippen molar-refractivity contribution in [1.82, 2.24) is 5.32 Å². The van der Waals surface area contributed by atoms with Gasteiger partial charge in [-0.25, -0.2) is 4.79 Å². The fraction of sp³-hybridized carbons (Fsp3) is 0.500. The van der Waals surface area contributed by atoms with Gasteiger partial charge in [0, 0.05) is 26.1 Å². The highest BCUT2D eigenvalue weighted by molar-refractivity contribution is 5.91. The Morgan fingerprint density at radius 3 is 2.40 bits per heavy atom. The number of ether oxygens (including phenoxy) is 3. The van der Waals surface area contributed by atoms with Crippen molar-refractivity contribution in [3.8, 4) is 11.5 Å². The summed E-state index contributed by atoms with van der Waals surface area (Å²) in [5.41, 5.74) is -2.50. The largest absolute Gasteiger partial charge is 0.497 e. The summed E-state index contributed by atoms with van der Waals surface area (Å²) in [5.74, 6) is -7.21. The summed E-state index contributed by atoms with van der Waals surface area (Å²) >= 11 is 0. The van der Waals surface area contributed by atoms with Crippen LogP contribution in [0, 0.1) is 0 Å². The molecule has 1 aliphatic heterocycles. The van der Waals surface area contributed by atoms with Gasteiger partial charge < -0.3 is 24.6 Å². The molecular weight excluding hydrogens is 340 g/mol. The van der Waals surface area contributed by atoms with Crippen molar-refractivity contribution in [2.24, 2.45) is 0 Å². The number of benzene rings is 1. The Kier molecular flexibility index (Phi) is 5.46. The second-order valence-corrected chi connectivity index (χ2v) is 5.59. The second-order valence-electron chi connectivity index (χ2n) is 5.59. The van der Waals surface area contributed by atoms with E-state index in [0.29, 0.717) is 0 Å². The number of methoxy groups -OCH3 is 2. The number of carbonyl (C=O) groups is 2. The van der Waals surface area contributed by atoms with Crippen molar-refractivity contribution in [2.75, 3.05) is 27.4 Å². The Morgan fingerprint density at radius 1 is 1.24 bits per heavy atom. The molecule has 0 unspecified atom stereocenters. The van der Waals surface area contributed by atoms with E-state index in [-0.39, 0.29) is 37.6 Å². The maximum atomic E-state index is 14.7. The molecule has 1 fully saturated rings. The van der Waals surface area contributed by atoms with Gasteiger partial charge in [-0.1, -0.05) is 0 Å². The van der Waals surface area contributed by atoms with E-state index in [2.05, 4.69) is 0 Å². The molecule has 138 valence electrons. The molecule has 0 radical (unpaired) electrons. The van der Waals surface area contributed by atoms with Crippen LogP contribution >= 0.6 is 0 Å². The molecule has 0 aliphatic carbocycles. The number of hydrogen-bond acceptors (Lipinski definition) is 5. The fourth-order valence-electron chi connectivity index (χ4n) is 2.59. The molecule has 0 saturated carbocycles. The standard InChI is InChI=1S/C16H19F2NO6/c1-23-10-3-4-12(24-2)11(9-10)16(17,18)13(20)19-15(14(21)22)5-7-25-8-6-15/h3-4,9H,5-8H2,1-2H3,(H,19,20)(H,21,22). The van der Waals surface area contributed by atoms with Gasteiger partial charge in [-0.3, -0.25) is 4.79 Å². The van der Waals surface area contributed by atoms with Crippen molar-refractivity contribution in [2.45, 2.75) is 24.3 Å². The average Bonchev–Trinajstić information content (AvgIpc) is 2.61. The van der Waals surface area contributed by atoms with Crippen LogP contribution in [0.25, 0.3) is 0 Å². The second kappa shape index (κ2) is 7.22. The zero-order chi connectivity index (χ0) is 18.7. The summed E-state index contributed by atoms with van der Waals surface area (Å²) in [6.07, 6.45) is -0.196. The summed E-state index contributed by atoms with van der Waals surface area (Å²) in [6.45, 7) is 0.112. The van der Waals surface area contributed by atoms with Gasteiger partial charge in [-0.2, -0.15) is 8.78 Å². The molecule has 0 spiro atoms. The molecule has 7 nitrogen and oxygen atoms in total. The maximum Gasteiger partial charge on any atom is 0.353 e. The maximum absolute atomic E-state index is 14.7. The predicted octanol–water partition coefficient (Wildman–Crippen LogP) is 1.55. The minimum absolute atomic E-state index is 0.0562. The van der Waals surface area contributed by atoms with Gasteiger partial charge in [-0.05, 0) is 18.2 Å². The van der Waals surface area contributed by atoms with Crippen molar-refractivity contribution >= 4 is 11.9 Å². The van der Waals surface area contributed by atoms with Gasteiger partial charge in [0.15, 0.2) is 0 Å². The minimum Gasteiger partial charge on any atom is -0.497 e. The normalized spacial score (nSPS) is 16.8. The molecule has 2 rings (SSSR count). The Balaban J connectivity index is 2.35. The Morgan fingerprint density at radius 2 is 1.88 bits per heavy atom. The number of carboxylic acids is 1. The summed E-state index contributed by atoms with van der Waals surface area (Å²) in [7, 11) is 2.49. The predicted molar refractivity (Wildman–Crippen MR) is 82.0 cm³/mol. The van der Waals surface area contributed by atoms with Crippen molar-refractivity contribution in [3.63, 3.8) is 0 Å². The van der Waals surface area contributed by atoms with Gasteiger partial charge >= 0.3 is 11.9 Å². The summed E-state index contributed by atoms with van der Waals surface area (Å²) in [5, 5.41) is 11.4. The molecule has 0 aromatic heterocycles. The number of nitrogens with one attached hydrogen (secondary N) is 1. The van der Waals surface area contributed by atoms with Crippen LogP contribution in [-0.2, 0) is 20.2 Å². The number of rotatable bonds is 6. The summed E-state index contributed by atoms with van der Waals surface area (Å²) in [4.78, 5) is 23.8. The molecule has 1 aromatic rings. The molecule has 1 aromatic carbocycles. The van der Waals surface area contributed by atoms with Crippen LogP contribution < -0.4 is 14.8 Å². The van der Waals surface area contributed by atoms with Crippen LogP contribution in [0.5, 0.6) is 11.5 Å². The summed E-state index contributed by atoms with van der Waals surface area (Å²) in [6, 6.07) is 3.64. The van der Waals surface area contributed by atoms with Gasteiger partial charge in [0.2, 0.25) is 0 Å². The van der Waals surface area contributed by atoms with Gasteiger partial charge in [0.05, 0.1) is 19.8 Å². The first kappa shape index (κ1) is 18.9. The number of aliphatic carboxylic acids is 1. The van der Waals surface area contributed by atoms with E-state index in [1.807, 2.05) is 5.32 Å². The Labute approximate surface area is 142 Å². The molecule has 2 N–H and O–H groups in total. The lowest BCUT2D eigenvalue weighted by Crippen LogP contribution is -2.60. The van der Waals surface area contributed by atoms with Crippen molar-refractivity contribution < 1.29 is 37.7 Å². The highest BCUT2D eigenvalue weighted by atomic mass is 19.3. The molecule has 25 heavy (non-hydrogen) atoms. The molecule has 0 bridgehead atoms. The highest BCUT2D eigenvalue weighted by Gasteiger charge is 2.50. The number of carbonyl (C=O) groups excluding carboxylic acids is 1. The lowest BCUT2D eigenvalue weighted by molar-refractivity contribution is -0.160. The first-order valence-corrected chi connectivity index (χ1v) is 7.51. The van der Waals surface area contributed by atoms with Gasteiger partial charge in [0.1, 0.15) is 17.0 Å². The number of carboxylic acid groups (broad SMARTS) is 1. The van der Waals surface area contributed by atoms with Gasteiger partial charge in [0.25, 0.3) is 5.91 Å². The van der Waals surface area contributed by atoms with Crippen LogP contribution in [0.4, 0.5) is 8.78 Å². The number of halogens is 2. The SMILES string of the molecule is COc1ccc(OC)c(C(F)(F)C(=O)NC2(C(=O)O)CCOCC2)c1. The first-order valence-electron chi connectivity index (χ1n) is 7.51. The van der Waals surface area contributed by atoms with E-state index >= 15 is 0 Å². The quantitative estimate of drug-likeness (QED) is 0.800. The Hall–Kier alpha value is -2.42. The highest BCUT2D eigenvalue weighted by Crippen LogP contribution is 2.38. The third kappa shape index (κ3) is 3.65. The monoisotopic (exact) mass is 359 g/mol. The number of alkyl halides is 2. The average molecular weight is 359 g/mol. The van der Waals surface area contributed by atoms with Gasteiger partial charge in [-0.15, -0.1) is 0 Å². The topological polar surface area (TPSA) is 94.1 Å². The van der Waals surface area contributed by atoms with Crippen LogP contribution in [0.2, 0.25) is 0 Å². The molecule has 1 amide bonds. The van der Waals surface area contributed by atoms with E-state index in [9.17, 15) is 23.5 Å². The van der Waals surface area contributed by atoms with Crippen LogP contribution in [0.15, 0.2) is 18.2 Å². The van der Waals surface area contributed by atoms with Crippen LogP contribution in [0.1, 0.15) is 18.4 Å². The van der Waals surface area contributed by atoms with E-state index in [1.165, 1.54) is 26.4 Å². The third-order valence-corrected chi connectivity index (χ3v) is 4.14. The fourth-order valence-corrected chi connectivity index (χ4v) is 2.59. The zero-order valence-electron chi connectivity index (χ0n) is 13.8. The summed E-state index contributed by atoms with van der Waals surface area (Å²) < 4.78 is 44.3. The van der Waals surface area contributed by atoms with Crippen LogP contribution in [0.3, 0.4) is 0 Å². The smallest absolute Gasteiger partial charge is 0.353 e.